The largest absolute Gasteiger partial charge is 0.494 e. The van der Waals surface area contributed by atoms with E-state index in [9.17, 15) is 20.4 Å². The second-order valence-corrected chi connectivity index (χ2v) is 7.23. The lowest BCUT2D eigenvalue weighted by Crippen LogP contribution is -2.55. The van der Waals surface area contributed by atoms with Crippen LogP contribution in [-0.4, -0.2) is 58.1 Å². The Hall–Kier alpha value is -2.03. The van der Waals surface area contributed by atoms with Crippen LogP contribution in [0.25, 0.3) is 0 Å². The van der Waals surface area contributed by atoms with Crippen molar-refractivity contribution in [2.75, 3.05) is 13.2 Å². The zero-order chi connectivity index (χ0) is 21.1. The van der Waals surface area contributed by atoms with Crippen molar-refractivity contribution in [2.24, 2.45) is 0 Å². The first kappa shape index (κ1) is 21.7. The first-order valence-corrected chi connectivity index (χ1v) is 9.65. The van der Waals surface area contributed by atoms with Gasteiger partial charge in [-0.25, -0.2) is 4.39 Å². The van der Waals surface area contributed by atoms with E-state index >= 15 is 4.39 Å². The summed E-state index contributed by atoms with van der Waals surface area (Å²) in [6.45, 7) is 3.67. The van der Waals surface area contributed by atoms with Crippen LogP contribution in [0.2, 0.25) is 0 Å². The zero-order valence-corrected chi connectivity index (χ0v) is 16.4. The summed E-state index contributed by atoms with van der Waals surface area (Å²) in [5, 5.41) is 39.7. The molecular formula is C22H27FO6. The van der Waals surface area contributed by atoms with E-state index in [2.05, 4.69) is 0 Å². The van der Waals surface area contributed by atoms with Crippen molar-refractivity contribution in [3.05, 3.63) is 64.7 Å². The summed E-state index contributed by atoms with van der Waals surface area (Å²) in [6, 6.07) is 11.7. The Morgan fingerprint density at radius 1 is 1.03 bits per heavy atom. The predicted octanol–water partition coefficient (Wildman–Crippen LogP) is 1.97. The Morgan fingerprint density at radius 3 is 2.34 bits per heavy atom. The first-order valence-electron chi connectivity index (χ1n) is 9.65. The highest BCUT2D eigenvalue weighted by Gasteiger charge is 2.44. The number of rotatable bonds is 6. The van der Waals surface area contributed by atoms with Crippen molar-refractivity contribution in [3.63, 3.8) is 0 Å². The van der Waals surface area contributed by atoms with Gasteiger partial charge >= 0.3 is 0 Å². The van der Waals surface area contributed by atoms with Crippen LogP contribution in [0.3, 0.4) is 0 Å². The molecule has 1 fully saturated rings. The Kier molecular flexibility index (Phi) is 6.87. The lowest BCUT2D eigenvalue weighted by molar-refractivity contribution is -0.231. The number of alkyl halides is 1. The van der Waals surface area contributed by atoms with E-state index in [1.807, 2.05) is 6.92 Å². The molecule has 6 nitrogen and oxygen atoms in total. The smallest absolute Gasteiger partial charge is 0.151 e. The van der Waals surface area contributed by atoms with Crippen molar-refractivity contribution in [1.29, 1.82) is 0 Å². The maximum absolute atomic E-state index is 15.3. The Morgan fingerprint density at radius 2 is 1.72 bits per heavy atom. The van der Waals surface area contributed by atoms with Crippen molar-refractivity contribution < 1.29 is 34.3 Å². The number of hydrogen-bond donors (Lipinski definition) is 4. The number of halogens is 1. The molecule has 0 aromatic heterocycles. The average molecular weight is 406 g/mol. The van der Waals surface area contributed by atoms with Gasteiger partial charge in [-0.1, -0.05) is 24.3 Å². The van der Waals surface area contributed by atoms with Crippen LogP contribution >= 0.6 is 0 Å². The topological polar surface area (TPSA) is 99.4 Å². The maximum atomic E-state index is 15.3. The molecular weight excluding hydrogens is 379 g/mol. The summed E-state index contributed by atoms with van der Waals surface area (Å²) in [5.74, 6) is 0.662. The average Bonchev–Trinajstić information content (AvgIpc) is 2.73. The van der Waals surface area contributed by atoms with Gasteiger partial charge in [0.1, 0.15) is 36.3 Å². The fourth-order valence-corrected chi connectivity index (χ4v) is 3.57. The molecule has 158 valence electrons. The Bertz CT molecular complexity index is 809. The van der Waals surface area contributed by atoms with Gasteiger partial charge in [0, 0.05) is 0 Å². The van der Waals surface area contributed by atoms with Crippen LogP contribution < -0.4 is 4.74 Å². The molecule has 2 aromatic carbocycles. The van der Waals surface area contributed by atoms with Gasteiger partial charge in [0.25, 0.3) is 0 Å². The Balaban J connectivity index is 1.89. The molecule has 3 rings (SSSR count). The minimum atomic E-state index is -1.48. The summed E-state index contributed by atoms with van der Waals surface area (Å²) < 4.78 is 26.3. The summed E-state index contributed by atoms with van der Waals surface area (Å²) in [5.41, 5.74) is 2.04. The van der Waals surface area contributed by atoms with Gasteiger partial charge in [-0.3, -0.25) is 0 Å². The number of aliphatic hydroxyl groups is 4. The normalized spacial score (nSPS) is 28.2. The fourth-order valence-electron chi connectivity index (χ4n) is 3.57. The predicted molar refractivity (Wildman–Crippen MR) is 104 cm³/mol. The van der Waals surface area contributed by atoms with Crippen LogP contribution in [0, 0.1) is 6.92 Å². The fraction of sp³-hybridized carbons (Fsp3) is 0.455. The third-order valence-corrected chi connectivity index (χ3v) is 5.28. The molecule has 1 unspecified atom stereocenters. The zero-order valence-electron chi connectivity index (χ0n) is 16.4. The molecule has 1 aliphatic heterocycles. The van der Waals surface area contributed by atoms with Crippen molar-refractivity contribution in [1.82, 2.24) is 0 Å². The third kappa shape index (κ3) is 4.44. The summed E-state index contributed by atoms with van der Waals surface area (Å²) in [7, 11) is 0. The first-order chi connectivity index (χ1) is 13.9. The minimum absolute atomic E-state index is 0.406. The molecule has 0 aliphatic carbocycles. The van der Waals surface area contributed by atoms with Crippen LogP contribution in [-0.2, 0) is 4.74 Å². The van der Waals surface area contributed by atoms with Crippen LogP contribution in [0.15, 0.2) is 42.5 Å². The monoisotopic (exact) mass is 406 g/mol. The van der Waals surface area contributed by atoms with Gasteiger partial charge in [0.05, 0.1) is 13.2 Å². The molecule has 1 heterocycles. The maximum Gasteiger partial charge on any atom is 0.151 e. The van der Waals surface area contributed by atoms with E-state index in [1.165, 1.54) is 0 Å². The minimum Gasteiger partial charge on any atom is -0.494 e. The quantitative estimate of drug-likeness (QED) is 0.585. The van der Waals surface area contributed by atoms with E-state index in [0.717, 1.165) is 5.56 Å². The highest BCUT2D eigenvalue weighted by Crippen LogP contribution is 2.36. The highest BCUT2D eigenvalue weighted by atomic mass is 19.1. The molecule has 0 amide bonds. The lowest BCUT2D eigenvalue weighted by Gasteiger charge is -2.40. The highest BCUT2D eigenvalue weighted by molar-refractivity contribution is 5.40. The molecule has 0 bridgehead atoms. The number of hydrogen-bond acceptors (Lipinski definition) is 6. The van der Waals surface area contributed by atoms with Crippen molar-refractivity contribution in [2.45, 2.75) is 50.5 Å². The molecule has 0 spiro atoms. The number of ether oxygens (including phenoxy) is 2. The number of aryl methyl sites for hydroxylation is 1. The Labute approximate surface area is 169 Å². The number of benzene rings is 2. The SMILES string of the molecule is CCOc1ccc(C(F)c2cc([C@@H]3O[C@H](CO)[C@@H](O)[C@H](O)[C@H]3O)ccc2C)cc1. The van der Waals surface area contributed by atoms with Crippen molar-refractivity contribution in [3.8, 4) is 5.75 Å². The van der Waals surface area contributed by atoms with Gasteiger partial charge in [-0.15, -0.1) is 0 Å². The van der Waals surface area contributed by atoms with E-state index < -0.39 is 43.3 Å². The second kappa shape index (κ2) is 9.19. The molecule has 0 saturated carbocycles. The van der Waals surface area contributed by atoms with Gasteiger partial charge in [-0.2, -0.15) is 0 Å². The summed E-state index contributed by atoms with van der Waals surface area (Å²) in [4.78, 5) is 0. The van der Waals surface area contributed by atoms with Crippen molar-refractivity contribution >= 4 is 0 Å². The van der Waals surface area contributed by atoms with Crippen LogP contribution in [0.4, 0.5) is 4.39 Å². The molecule has 6 atom stereocenters. The summed E-state index contributed by atoms with van der Waals surface area (Å²) >= 11 is 0. The van der Waals surface area contributed by atoms with Gasteiger partial charge in [0.15, 0.2) is 6.17 Å². The second-order valence-electron chi connectivity index (χ2n) is 7.23. The van der Waals surface area contributed by atoms with Crippen LogP contribution in [0.5, 0.6) is 5.75 Å². The molecule has 0 radical (unpaired) electrons. The van der Waals surface area contributed by atoms with E-state index in [4.69, 9.17) is 9.47 Å². The standard InChI is InChI=1S/C22H27FO6/c1-3-28-15-8-6-13(7-9-15)18(23)16-10-14(5-4-12(16)2)22-21(27)20(26)19(25)17(11-24)29-22/h4-10,17-22,24-27H,3,11H2,1-2H3/t17-,18?,19-,20+,21-,22+/m1/s1. The molecule has 29 heavy (non-hydrogen) atoms. The van der Waals surface area contributed by atoms with E-state index in [1.54, 1.807) is 49.4 Å². The lowest BCUT2D eigenvalue weighted by atomic mass is 9.88. The number of aliphatic hydroxyl groups excluding tert-OH is 4. The molecule has 2 aromatic rings. The summed E-state index contributed by atoms with van der Waals surface area (Å²) in [6.07, 6.45) is -7.76. The molecule has 7 heteroatoms. The van der Waals surface area contributed by atoms with E-state index in [0.29, 0.717) is 29.0 Å². The third-order valence-electron chi connectivity index (χ3n) is 5.28. The van der Waals surface area contributed by atoms with E-state index in [-0.39, 0.29) is 0 Å². The van der Waals surface area contributed by atoms with Gasteiger partial charge < -0.3 is 29.9 Å². The van der Waals surface area contributed by atoms with Gasteiger partial charge in [0.2, 0.25) is 0 Å². The molecule has 1 saturated heterocycles. The van der Waals surface area contributed by atoms with Gasteiger partial charge in [-0.05, 0) is 54.3 Å². The molecule has 1 aliphatic rings. The van der Waals surface area contributed by atoms with Crippen LogP contribution in [0.1, 0.15) is 41.5 Å². The molecule has 4 N–H and O–H groups in total.